The summed E-state index contributed by atoms with van der Waals surface area (Å²) in [6, 6.07) is 4.27. The van der Waals surface area contributed by atoms with E-state index in [1.807, 2.05) is 0 Å². The van der Waals surface area contributed by atoms with E-state index >= 15 is 0 Å². The molecule has 2 heterocycles. The SMILES string of the molecule is COc1cccc2c1C(=N)c1c(O)c3c(c(O)c1C2=O)CC(O)(C(=O)CO)CC3OC1CC(N2CCOCC2)C(O)C(C)O1.Cl. The smallest absolute Gasteiger partial charge is 0.198 e. The van der Waals surface area contributed by atoms with Crippen molar-refractivity contribution in [3.05, 3.63) is 51.6 Å². The molecule has 244 valence electrons. The van der Waals surface area contributed by atoms with E-state index in [9.17, 15) is 35.1 Å². The van der Waals surface area contributed by atoms with Gasteiger partial charge in [-0.25, -0.2) is 0 Å². The molecule has 13 nitrogen and oxygen atoms in total. The average Bonchev–Trinajstić information content (AvgIpc) is 3.02. The number of aliphatic hydroxyl groups excluding tert-OH is 2. The number of ether oxygens (including phenoxy) is 4. The largest absolute Gasteiger partial charge is 0.507 e. The van der Waals surface area contributed by atoms with Crippen molar-refractivity contribution < 1.29 is 54.1 Å². The van der Waals surface area contributed by atoms with Gasteiger partial charge in [-0.15, -0.1) is 12.4 Å². The lowest BCUT2D eigenvalue weighted by Gasteiger charge is -2.46. The molecule has 2 aliphatic heterocycles. The number of benzene rings is 2. The van der Waals surface area contributed by atoms with Gasteiger partial charge >= 0.3 is 0 Å². The number of rotatable bonds is 6. The number of nitrogens with zero attached hydrogens (tertiary/aromatic N) is 1. The minimum atomic E-state index is -2.21. The van der Waals surface area contributed by atoms with Gasteiger partial charge in [-0.05, 0) is 13.0 Å². The van der Waals surface area contributed by atoms with E-state index in [0.29, 0.717) is 26.3 Å². The Morgan fingerprint density at radius 1 is 1.16 bits per heavy atom. The van der Waals surface area contributed by atoms with E-state index in [1.165, 1.54) is 13.2 Å². The maximum Gasteiger partial charge on any atom is 0.198 e. The molecule has 0 spiro atoms. The van der Waals surface area contributed by atoms with E-state index in [0.717, 1.165) is 0 Å². The van der Waals surface area contributed by atoms with E-state index in [2.05, 4.69) is 4.90 Å². The normalized spacial score (nSPS) is 29.7. The quantitative estimate of drug-likeness (QED) is 0.207. The van der Waals surface area contributed by atoms with Gasteiger partial charge in [-0.1, -0.05) is 12.1 Å². The predicted octanol–water partition coefficient (Wildman–Crippen LogP) is 0.982. The Morgan fingerprint density at radius 2 is 1.87 bits per heavy atom. The zero-order valence-electron chi connectivity index (χ0n) is 24.8. The van der Waals surface area contributed by atoms with Crippen molar-refractivity contribution in [2.24, 2.45) is 0 Å². The number of aromatic hydroxyl groups is 2. The topological polar surface area (TPSA) is 199 Å². The van der Waals surface area contributed by atoms with Crippen LogP contribution in [-0.2, 0) is 25.4 Å². The molecule has 0 radical (unpaired) electrons. The first kappa shape index (κ1) is 33.2. The zero-order chi connectivity index (χ0) is 31.5. The molecule has 0 aromatic heterocycles. The van der Waals surface area contributed by atoms with Crippen LogP contribution in [0.15, 0.2) is 18.2 Å². The molecular weight excluding hydrogens is 612 g/mol. The number of aliphatic hydroxyl groups is 3. The van der Waals surface area contributed by atoms with Crippen molar-refractivity contribution in [1.29, 1.82) is 5.41 Å². The molecular formula is C31H37ClN2O11. The van der Waals surface area contributed by atoms with Crippen LogP contribution in [0.2, 0.25) is 0 Å². The number of morpholine rings is 1. The predicted molar refractivity (Wildman–Crippen MR) is 160 cm³/mol. The summed E-state index contributed by atoms with van der Waals surface area (Å²) in [5.41, 5.74) is -2.92. The van der Waals surface area contributed by atoms with Crippen molar-refractivity contribution in [1.82, 2.24) is 4.90 Å². The van der Waals surface area contributed by atoms with Crippen LogP contribution >= 0.6 is 12.4 Å². The zero-order valence-corrected chi connectivity index (χ0v) is 25.6. The van der Waals surface area contributed by atoms with Gasteiger partial charge < -0.3 is 44.5 Å². The summed E-state index contributed by atoms with van der Waals surface area (Å²) in [5, 5.41) is 64.4. The second-order valence-electron chi connectivity index (χ2n) is 11.8. The first-order valence-electron chi connectivity index (χ1n) is 14.6. The van der Waals surface area contributed by atoms with E-state index in [4.69, 9.17) is 24.4 Å². The lowest BCUT2D eigenvalue weighted by atomic mass is 9.71. The Labute approximate surface area is 265 Å². The van der Waals surface area contributed by atoms with Gasteiger partial charge in [0.05, 0.1) is 61.0 Å². The molecule has 4 aliphatic rings. The number of hydrogen-bond donors (Lipinski definition) is 6. The minimum Gasteiger partial charge on any atom is -0.507 e. The van der Waals surface area contributed by atoms with Gasteiger partial charge in [-0.2, -0.15) is 0 Å². The lowest BCUT2D eigenvalue weighted by Crippen LogP contribution is -2.58. The van der Waals surface area contributed by atoms with Crippen molar-refractivity contribution in [3.8, 4) is 17.2 Å². The Balaban J connectivity index is 0.00000400. The highest BCUT2D eigenvalue weighted by molar-refractivity contribution is 6.32. The van der Waals surface area contributed by atoms with Gasteiger partial charge in [0.2, 0.25) is 0 Å². The summed E-state index contributed by atoms with van der Waals surface area (Å²) in [6.45, 7) is 2.92. The van der Waals surface area contributed by atoms with Crippen molar-refractivity contribution in [3.63, 3.8) is 0 Å². The Hall–Kier alpha value is -3.14. The van der Waals surface area contributed by atoms with Crippen LogP contribution in [0.5, 0.6) is 17.2 Å². The van der Waals surface area contributed by atoms with E-state index in [-0.39, 0.29) is 69.7 Å². The summed E-state index contributed by atoms with van der Waals surface area (Å²) in [7, 11) is 1.39. The third-order valence-electron chi connectivity index (χ3n) is 9.29. The summed E-state index contributed by atoms with van der Waals surface area (Å²) in [6.07, 6.45) is -4.43. The van der Waals surface area contributed by atoms with Gasteiger partial charge in [0, 0.05) is 55.1 Å². The maximum atomic E-state index is 13.7. The van der Waals surface area contributed by atoms with Crippen LogP contribution in [-0.4, -0.2) is 118 Å². The second kappa shape index (κ2) is 12.6. The molecule has 6 atom stereocenters. The second-order valence-corrected chi connectivity index (χ2v) is 11.8. The molecule has 45 heavy (non-hydrogen) atoms. The van der Waals surface area contributed by atoms with Crippen LogP contribution in [0.4, 0.5) is 0 Å². The maximum absolute atomic E-state index is 13.7. The summed E-state index contributed by atoms with van der Waals surface area (Å²) in [5.74, 6) is -2.49. The highest BCUT2D eigenvalue weighted by Gasteiger charge is 2.50. The molecule has 2 aromatic rings. The molecule has 0 amide bonds. The van der Waals surface area contributed by atoms with E-state index < -0.39 is 72.7 Å². The monoisotopic (exact) mass is 648 g/mol. The average molecular weight is 649 g/mol. The molecule has 6 unspecified atom stereocenters. The lowest BCUT2D eigenvalue weighted by molar-refractivity contribution is -0.260. The molecule has 2 saturated heterocycles. The van der Waals surface area contributed by atoms with Gasteiger partial charge in [0.1, 0.15) is 29.5 Å². The molecule has 2 aromatic carbocycles. The number of phenols is 2. The summed E-state index contributed by atoms with van der Waals surface area (Å²) < 4.78 is 23.2. The number of Topliss-reactive ketones (excluding diaryl/α,β-unsaturated/α-hetero) is 1. The van der Waals surface area contributed by atoms with E-state index in [1.54, 1.807) is 19.1 Å². The molecule has 2 aliphatic carbocycles. The third-order valence-corrected chi connectivity index (χ3v) is 9.29. The van der Waals surface area contributed by atoms with Crippen LogP contribution in [0.1, 0.15) is 64.0 Å². The molecule has 6 rings (SSSR count). The first-order chi connectivity index (χ1) is 21.0. The fourth-order valence-corrected chi connectivity index (χ4v) is 7.01. The highest BCUT2D eigenvalue weighted by atomic mass is 35.5. The van der Waals surface area contributed by atoms with Crippen molar-refractivity contribution in [2.75, 3.05) is 40.0 Å². The number of halogens is 1. The number of ketones is 2. The molecule has 14 heteroatoms. The first-order valence-corrected chi connectivity index (χ1v) is 14.6. The summed E-state index contributed by atoms with van der Waals surface area (Å²) >= 11 is 0. The van der Waals surface area contributed by atoms with Crippen LogP contribution < -0.4 is 4.74 Å². The number of methoxy groups -OCH3 is 1. The Kier molecular flexibility index (Phi) is 9.28. The van der Waals surface area contributed by atoms with Crippen LogP contribution in [0, 0.1) is 5.41 Å². The highest BCUT2D eigenvalue weighted by Crippen LogP contribution is 2.52. The van der Waals surface area contributed by atoms with Crippen molar-refractivity contribution >= 4 is 29.7 Å². The molecule has 0 saturated carbocycles. The standard InChI is InChI=1S/C31H36N2O11.ClH/c1-14-27(36)17(33-6-8-42-9-7-33)10-21(43-14)44-19-12-31(40,20(35)13-34)11-16-23(19)30(39)24-25(29(16)38)28(37)15-4-3-5-18(41-2)22(15)26(24)32;/h3-5,14,17,19,21,27,32,34,36,38-40H,6-13H2,1-2H3;1H. The van der Waals surface area contributed by atoms with Gasteiger partial charge in [0.15, 0.2) is 17.9 Å². The fraction of sp³-hybridized carbons (Fsp3) is 0.516. The Bertz CT molecular complexity index is 1530. The fourth-order valence-electron chi connectivity index (χ4n) is 7.01. The number of carbonyl (C=O) groups excluding carboxylic acids is 2. The third kappa shape index (κ3) is 5.40. The Morgan fingerprint density at radius 3 is 2.53 bits per heavy atom. The van der Waals surface area contributed by atoms with Gasteiger partial charge in [-0.3, -0.25) is 19.9 Å². The van der Waals surface area contributed by atoms with Crippen molar-refractivity contribution in [2.45, 2.75) is 62.4 Å². The number of carbonyl (C=O) groups is 2. The number of phenolic OH excluding ortho intramolecular Hbond substituents is 2. The molecule has 0 bridgehead atoms. The number of hydrogen-bond acceptors (Lipinski definition) is 13. The number of fused-ring (bicyclic) bond motifs is 3. The molecule has 2 fully saturated rings. The summed E-state index contributed by atoms with van der Waals surface area (Å²) in [4.78, 5) is 28.6. The van der Waals surface area contributed by atoms with Gasteiger partial charge in [0.25, 0.3) is 0 Å². The molecule has 6 N–H and O–H groups in total. The van der Waals surface area contributed by atoms with Crippen LogP contribution in [0.25, 0.3) is 0 Å². The minimum absolute atomic E-state index is 0. The number of nitrogens with one attached hydrogen (secondary N) is 1. The van der Waals surface area contributed by atoms with Crippen LogP contribution in [0.3, 0.4) is 0 Å².